The van der Waals surface area contributed by atoms with Gasteiger partial charge in [0.25, 0.3) is 0 Å². The lowest BCUT2D eigenvalue weighted by Crippen LogP contribution is -2.04. The molecule has 0 spiro atoms. The number of nitrogens with one attached hydrogen (secondary N) is 1. The second-order valence-corrected chi connectivity index (χ2v) is 4.61. The summed E-state index contributed by atoms with van der Waals surface area (Å²) in [4.78, 5) is 4.24. The number of rotatable bonds is 2. The summed E-state index contributed by atoms with van der Waals surface area (Å²) in [5.41, 5.74) is 1.54. The molecule has 0 bridgehead atoms. The lowest BCUT2D eigenvalue weighted by atomic mass is 10.1. The first kappa shape index (κ1) is 13.4. The summed E-state index contributed by atoms with van der Waals surface area (Å²) < 4.78 is 37.5. The molecule has 0 aliphatic heterocycles. The molecular formula is C16H11F3N2. The van der Waals surface area contributed by atoms with Crippen molar-refractivity contribution < 1.29 is 13.2 Å². The van der Waals surface area contributed by atoms with Crippen molar-refractivity contribution in [3.8, 4) is 0 Å². The topological polar surface area (TPSA) is 24.9 Å². The number of pyridine rings is 1. The van der Waals surface area contributed by atoms with E-state index >= 15 is 0 Å². The van der Waals surface area contributed by atoms with Crippen LogP contribution in [-0.2, 0) is 6.18 Å². The van der Waals surface area contributed by atoms with E-state index in [0.717, 1.165) is 28.7 Å². The van der Waals surface area contributed by atoms with Gasteiger partial charge in [-0.05, 0) is 42.5 Å². The van der Waals surface area contributed by atoms with E-state index in [0.29, 0.717) is 5.69 Å². The Bertz CT molecular complexity index is 764. The molecule has 3 aromatic rings. The third-order valence-electron chi connectivity index (χ3n) is 3.11. The van der Waals surface area contributed by atoms with Crippen LogP contribution in [0.1, 0.15) is 5.56 Å². The Morgan fingerprint density at radius 3 is 2.29 bits per heavy atom. The van der Waals surface area contributed by atoms with Crippen LogP contribution in [0.4, 0.5) is 24.5 Å². The van der Waals surface area contributed by atoms with Crippen LogP contribution in [0.3, 0.4) is 0 Å². The van der Waals surface area contributed by atoms with Crippen molar-refractivity contribution in [3.63, 3.8) is 0 Å². The second kappa shape index (κ2) is 5.09. The largest absolute Gasteiger partial charge is 0.416 e. The van der Waals surface area contributed by atoms with Gasteiger partial charge in [0.05, 0.1) is 11.1 Å². The summed E-state index contributed by atoms with van der Waals surface area (Å²) in [7, 11) is 0. The molecule has 0 fully saturated rings. The van der Waals surface area contributed by atoms with Crippen molar-refractivity contribution in [2.24, 2.45) is 0 Å². The Kier molecular flexibility index (Phi) is 3.25. The molecular weight excluding hydrogens is 277 g/mol. The molecule has 1 aromatic heterocycles. The van der Waals surface area contributed by atoms with Crippen LogP contribution in [0.5, 0.6) is 0 Å². The van der Waals surface area contributed by atoms with Gasteiger partial charge in [-0.25, -0.2) is 0 Å². The Hall–Kier alpha value is -2.56. The van der Waals surface area contributed by atoms with Crippen molar-refractivity contribution in [2.75, 3.05) is 5.32 Å². The zero-order valence-corrected chi connectivity index (χ0v) is 10.9. The minimum atomic E-state index is -4.31. The molecule has 1 heterocycles. The summed E-state index contributed by atoms with van der Waals surface area (Å²) in [6.45, 7) is 0. The van der Waals surface area contributed by atoms with Gasteiger partial charge in [-0.3, -0.25) is 4.98 Å². The van der Waals surface area contributed by atoms with Crippen LogP contribution in [0, 0.1) is 0 Å². The van der Waals surface area contributed by atoms with Gasteiger partial charge in [-0.2, -0.15) is 13.2 Å². The number of nitrogens with zero attached hydrogens (tertiary/aromatic N) is 1. The number of hydrogen-bond acceptors (Lipinski definition) is 2. The number of fused-ring (bicyclic) bond motifs is 1. The minimum Gasteiger partial charge on any atom is -0.355 e. The van der Waals surface area contributed by atoms with Crippen LogP contribution in [0.15, 0.2) is 60.8 Å². The molecule has 0 unspecified atom stereocenters. The Balaban J connectivity index is 1.84. The zero-order valence-electron chi connectivity index (χ0n) is 10.9. The van der Waals surface area contributed by atoms with E-state index in [4.69, 9.17) is 0 Å². The number of benzene rings is 2. The van der Waals surface area contributed by atoms with Crippen LogP contribution in [0.2, 0.25) is 0 Å². The summed E-state index contributed by atoms with van der Waals surface area (Å²) in [5, 5.41) is 4.08. The first-order valence-electron chi connectivity index (χ1n) is 6.31. The van der Waals surface area contributed by atoms with Crippen molar-refractivity contribution in [3.05, 3.63) is 66.4 Å². The second-order valence-electron chi connectivity index (χ2n) is 4.61. The van der Waals surface area contributed by atoms with Crippen LogP contribution in [-0.4, -0.2) is 4.98 Å². The van der Waals surface area contributed by atoms with E-state index in [-0.39, 0.29) is 0 Å². The number of anilines is 2. The molecule has 1 N–H and O–H groups in total. The predicted octanol–water partition coefficient (Wildman–Crippen LogP) is 5.00. The smallest absolute Gasteiger partial charge is 0.355 e. The van der Waals surface area contributed by atoms with Gasteiger partial charge >= 0.3 is 6.18 Å². The highest BCUT2D eigenvalue weighted by Gasteiger charge is 2.29. The highest BCUT2D eigenvalue weighted by Crippen LogP contribution is 2.30. The van der Waals surface area contributed by atoms with Gasteiger partial charge < -0.3 is 5.32 Å². The molecule has 0 aliphatic rings. The number of alkyl halides is 3. The van der Waals surface area contributed by atoms with Crippen molar-refractivity contribution in [1.29, 1.82) is 0 Å². The molecule has 5 heteroatoms. The van der Waals surface area contributed by atoms with Gasteiger partial charge in [-0.15, -0.1) is 0 Å². The molecule has 106 valence electrons. The van der Waals surface area contributed by atoms with Gasteiger partial charge in [0.1, 0.15) is 0 Å². The average Bonchev–Trinajstić information content (AvgIpc) is 2.47. The quantitative estimate of drug-likeness (QED) is 0.718. The summed E-state index contributed by atoms with van der Waals surface area (Å²) in [5.74, 6) is 0. The van der Waals surface area contributed by atoms with Crippen molar-refractivity contribution in [2.45, 2.75) is 6.18 Å². The van der Waals surface area contributed by atoms with Crippen LogP contribution < -0.4 is 5.32 Å². The maximum absolute atomic E-state index is 12.5. The molecule has 0 amide bonds. The first-order valence-corrected chi connectivity index (χ1v) is 6.31. The lowest BCUT2D eigenvalue weighted by molar-refractivity contribution is -0.137. The monoisotopic (exact) mass is 288 g/mol. The van der Waals surface area contributed by atoms with Crippen molar-refractivity contribution in [1.82, 2.24) is 4.98 Å². The lowest BCUT2D eigenvalue weighted by Gasteiger charge is -2.10. The number of aromatic nitrogens is 1. The SMILES string of the molecule is FC(F)(F)c1ccc(Nc2ccc3cccnc3c2)cc1. The normalized spacial score (nSPS) is 11.6. The molecule has 0 saturated heterocycles. The molecule has 3 rings (SSSR count). The van der Waals surface area contributed by atoms with Crippen LogP contribution >= 0.6 is 0 Å². The molecule has 2 aromatic carbocycles. The zero-order chi connectivity index (χ0) is 14.9. The maximum atomic E-state index is 12.5. The summed E-state index contributed by atoms with van der Waals surface area (Å²) in [6.07, 6.45) is -2.62. The molecule has 0 atom stereocenters. The van der Waals surface area contributed by atoms with E-state index in [1.807, 2.05) is 30.3 Å². The van der Waals surface area contributed by atoms with Gasteiger partial charge in [0, 0.05) is 23.0 Å². The first-order chi connectivity index (χ1) is 10.0. The third-order valence-corrected chi connectivity index (χ3v) is 3.11. The van der Waals surface area contributed by atoms with Crippen molar-refractivity contribution >= 4 is 22.3 Å². The predicted molar refractivity (Wildman–Crippen MR) is 76.5 cm³/mol. The van der Waals surface area contributed by atoms with E-state index in [1.54, 1.807) is 6.20 Å². The van der Waals surface area contributed by atoms with Gasteiger partial charge in [0.15, 0.2) is 0 Å². The molecule has 21 heavy (non-hydrogen) atoms. The summed E-state index contributed by atoms with van der Waals surface area (Å²) >= 11 is 0. The molecule has 2 nitrogen and oxygen atoms in total. The maximum Gasteiger partial charge on any atom is 0.416 e. The highest BCUT2D eigenvalue weighted by atomic mass is 19.4. The highest BCUT2D eigenvalue weighted by molar-refractivity contribution is 5.83. The van der Waals surface area contributed by atoms with Gasteiger partial charge in [0.2, 0.25) is 0 Å². The fourth-order valence-corrected chi connectivity index (χ4v) is 2.05. The standard InChI is InChI=1S/C16H11F3N2/c17-16(18,19)12-4-7-13(8-5-12)21-14-6-3-11-2-1-9-20-15(11)10-14/h1-10,21H. The molecule has 0 radical (unpaired) electrons. The van der Waals surface area contributed by atoms with E-state index < -0.39 is 11.7 Å². The number of halogens is 3. The fraction of sp³-hybridized carbons (Fsp3) is 0.0625. The average molecular weight is 288 g/mol. The van der Waals surface area contributed by atoms with E-state index in [2.05, 4.69) is 10.3 Å². The molecule has 0 saturated carbocycles. The number of hydrogen-bond donors (Lipinski definition) is 1. The Labute approximate surface area is 119 Å². The van der Waals surface area contributed by atoms with Crippen LogP contribution in [0.25, 0.3) is 10.9 Å². The third kappa shape index (κ3) is 2.97. The fourth-order valence-electron chi connectivity index (χ4n) is 2.05. The molecule has 0 aliphatic carbocycles. The minimum absolute atomic E-state index is 0.596. The Morgan fingerprint density at radius 1 is 0.857 bits per heavy atom. The summed E-state index contributed by atoms with van der Waals surface area (Å²) in [6, 6.07) is 14.4. The van der Waals surface area contributed by atoms with E-state index in [9.17, 15) is 13.2 Å². The van der Waals surface area contributed by atoms with Gasteiger partial charge in [-0.1, -0.05) is 12.1 Å². The van der Waals surface area contributed by atoms with E-state index in [1.165, 1.54) is 12.1 Å². The Morgan fingerprint density at radius 2 is 1.57 bits per heavy atom.